The number of aromatic nitrogens is 1. The van der Waals surface area contributed by atoms with Crippen molar-refractivity contribution in [3.05, 3.63) is 60.2 Å². The maximum atomic E-state index is 13.1. The molecule has 3 aromatic rings. The molecule has 0 saturated carbocycles. The van der Waals surface area contributed by atoms with Crippen molar-refractivity contribution < 1.29 is 22.3 Å². The van der Waals surface area contributed by atoms with E-state index in [1.807, 2.05) is 18.2 Å². The Kier molecular flexibility index (Phi) is 5.17. The fourth-order valence-corrected chi connectivity index (χ4v) is 5.29. The highest BCUT2D eigenvalue weighted by molar-refractivity contribution is 7.89. The first kappa shape index (κ1) is 20.0. The van der Waals surface area contributed by atoms with Gasteiger partial charge in [0.1, 0.15) is 12.0 Å². The molecule has 0 N–H and O–H groups in total. The fraction of sp³-hybridized carbons (Fsp3) is 0.318. The van der Waals surface area contributed by atoms with Crippen LogP contribution in [-0.4, -0.2) is 55.6 Å². The van der Waals surface area contributed by atoms with E-state index in [1.54, 1.807) is 41.8 Å². The molecule has 2 aliphatic rings. The molecule has 9 heteroatoms. The number of hydrogen-bond donors (Lipinski definition) is 0. The minimum atomic E-state index is -3.53. The number of sulfonamides is 1. The summed E-state index contributed by atoms with van der Waals surface area (Å²) in [5.74, 6) is 2.11. The lowest BCUT2D eigenvalue weighted by molar-refractivity contribution is 0.173. The molecule has 162 valence electrons. The second-order valence-corrected chi connectivity index (χ2v) is 9.58. The van der Waals surface area contributed by atoms with E-state index in [-0.39, 0.29) is 6.79 Å². The third kappa shape index (κ3) is 4.04. The van der Waals surface area contributed by atoms with Crippen LogP contribution in [0.5, 0.6) is 11.5 Å². The van der Waals surface area contributed by atoms with Crippen molar-refractivity contribution >= 4 is 10.0 Å². The van der Waals surface area contributed by atoms with Crippen LogP contribution in [0.1, 0.15) is 11.5 Å². The van der Waals surface area contributed by atoms with Gasteiger partial charge in [-0.15, -0.1) is 0 Å². The average Bonchev–Trinajstić information content (AvgIpc) is 3.43. The average molecular weight is 442 g/mol. The Bertz CT molecular complexity index is 1180. The number of ether oxygens (including phenoxy) is 2. The quantitative estimate of drug-likeness (QED) is 0.602. The van der Waals surface area contributed by atoms with Gasteiger partial charge >= 0.3 is 0 Å². The van der Waals surface area contributed by atoms with Crippen LogP contribution in [0.4, 0.5) is 0 Å². The van der Waals surface area contributed by atoms with Crippen molar-refractivity contribution in [2.45, 2.75) is 18.4 Å². The molecule has 0 radical (unpaired) electrons. The summed E-state index contributed by atoms with van der Waals surface area (Å²) >= 11 is 0. The fourth-order valence-electron chi connectivity index (χ4n) is 3.87. The summed E-state index contributed by atoms with van der Waals surface area (Å²) < 4.78 is 43.7. The molecule has 0 unspecified atom stereocenters. The van der Waals surface area contributed by atoms with Gasteiger partial charge in [-0.2, -0.15) is 4.31 Å². The standard InChI is InChI=1S/C22H23N3O5S/c1-16-23-20(14-28-16)18-3-5-19(6-4-18)31(26,27)25-10-8-24(9-11-25)13-17-2-7-21-22(12-17)30-15-29-21/h2-7,12,14H,8-11,13,15H2,1H3. The van der Waals surface area contributed by atoms with E-state index in [0.717, 1.165) is 29.2 Å². The van der Waals surface area contributed by atoms with Gasteiger partial charge in [0, 0.05) is 45.2 Å². The monoisotopic (exact) mass is 441 g/mol. The molecule has 0 aliphatic carbocycles. The lowest BCUT2D eigenvalue weighted by Gasteiger charge is -2.34. The van der Waals surface area contributed by atoms with Crippen LogP contribution in [0, 0.1) is 6.92 Å². The third-order valence-electron chi connectivity index (χ3n) is 5.58. The Morgan fingerprint density at radius 3 is 2.42 bits per heavy atom. The van der Waals surface area contributed by atoms with Crippen LogP contribution in [0.15, 0.2) is 58.0 Å². The smallest absolute Gasteiger partial charge is 0.243 e. The van der Waals surface area contributed by atoms with E-state index in [2.05, 4.69) is 9.88 Å². The summed E-state index contributed by atoms with van der Waals surface area (Å²) in [6.45, 7) is 5.03. The number of rotatable bonds is 5. The molecular weight excluding hydrogens is 418 g/mol. The van der Waals surface area contributed by atoms with Gasteiger partial charge in [-0.1, -0.05) is 18.2 Å². The van der Waals surface area contributed by atoms with E-state index < -0.39 is 10.0 Å². The van der Waals surface area contributed by atoms with E-state index in [9.17, 15) is 8.42 Å². The molecule has 5 rings (SSSR count). The summed E-state index contributed by atoms with van der Waals surface area (Å²) in [5.41, 5.74) is 2.64. The maximum Gasteiger partial charge on any atom is 0.243 e. The van der Waals surface area contributed by atoms with Crippen LogP contribution in [-0.2, 0) is 16.6 Å². The van der Waals surface area contributed by atoms with E-state index in [0.29, 0.717) is 42.7 Å². The number of piperazine rings is 1. The topological polar surface area (TPSA) is 85.1 Å². The summed E-state index contributed by atoms with van der Waals surface area (Å²) in [7, 11) is -3.53. The van der Waals surface area contributed by atoms with E-state index in [1.165, 1.54) is 0 Å². The van der Waals surface area contributed by atoms with Crippen molar-refractivity contribution in [2.24, 2.45) is 0 Å². The molecule has 2 aliphatic heterocycles. The number of benzene rings is 2. The highest BCUT2D eigenvalue weighted by Crippen LogP contribution is 2.33. The first-order chi connectivity index (χ1) is 15.0. The second kappa shape index (κ2) is 7.99. The predicted octanol–water partition coefficient (Wildman–Crippen LogP) is 2.89. The molecular formula is C22H23N3O5S. The van der Waals surface area contributed by atoms with Gasteiger partial charge in [0.25, 0.3) is 0 Å². The van der Waals surface area contributed by atoms with Gasteiger partial charge in [-0.3, -0.25) is 4.90 Å². The van der Waals surface area contributed by atoms with Crippen LogP contribution in [0.2, 0.25) is 0 Å². The predicted molar refractivity (Wildman–Crippen MR) is 113 cm³/mol. The van der Waals surface area contributed by atoms with E-state index in [4.69, 9.17) is 13.9 Å². The number of nitrogens with zero attached hydrogens (tertiary/aromatic N) is 3. The van der Waals surface area contributed by atoms with Crippen molar-refractivity contribution in [3.8, 4) is 22.8 Å². The molecule has 0 amide bonds. The lowest BCUT2D eigenvalue weighted by atomic mass is 10.2. The highest BCUT2D eigenvalue weighted by Gasteiger charge is 2.28. The van der Waals surface area contributed by atoms with Gasteiger partial charge in [-0.05, 0) is 29.8 Å². The Balaban J connectivity index is 1.22. The maximum absolute atomic E-state index is 13.1. The molecule has 0 bridgehead atoms. The van der Waals surface area contributed by atoms with Crippen molar-refractivity contribution in [1.29, 1.82) is 0 Å². The molecule has 1 aromatic heterocycles. The zero-order valence-corrected chi connectivity index (χ0v) is 18.0. The van der Waals surface area contributed by atoms with Crippen LogP contribution in [0.25, 0.3) is 11.3 Å². The van der Waals surface area contributed by atoms with Crippen molar-refractivity contribution in [3.63, 3.8) is 0 Å². The van der Waals surface area contributed by atoms with Crippen LogP contribution >= 0.6 is 0 Å². The van der Waals surface area contributed by atoms with Crippen molar-refractivity contribution in [1.82, 2.24) is 14.2 Å². The first-order valence-electron chi connectivity index (χ1n) is 10.1. The van der Waals surface area contributed by atoms with E-state index >= 15 is 0 Å². The second-order valence-electron chi connectivity index (χ2n) is 7.64. The Labute approximate surface area is 181 Å². The Morgan fingerprint density at radius 1 is 0.968 bits per heavy atom. The Hall–Kier alpha value is -2.88. The molecule has 31 heavy (non-hydrogen) atoms. The van der Waals surface area contributed by atoms with Gasteiger partial charge in [0.2, 0.25) is 16.8 Å². The molecule has 2 aromatic carbocycles. The first-order valence-corrected chi connectivity index (χ1v) is 11.6. The zero-order chi connectivity index (χ0) is 21.4. The summed E-state index contributed by atoms with van der Waals surface area (Å²) in [5, 5.41) is 0. The molecule has 0 atom stereocenters. The minimum absolute atomic E-state index is 0.258. The Morgan fingerprint density at radius 2 is 1.71 bits per heavy atom. The molecule has 1 fully saturated rings. The normalized spacial score (nSPS) is 17.2. The summed E-state index contributed by atoms with van der Waals surface area (Å²) in [6, 6.07) is 12.7. The van der Waals surface area contributed by atoms with Gasteiger partial charge in [0.05, 0.1) is 4.90 Å². The highest BCUT2D eigenvalue weighted by atomic mass is 32.2. The molecule has 8 nitrogen and oxygen atoms in total. The number of hydrogen-bond acceptors (Lipinski definition) is 7. The lowest BCUT2D eigenvalue weighted by Crippen LogP contribution is -2.48. The third-order valence-corrected chi connectivity index (χ3v) is 7.49. The number of oxazole rings is 1. The minimum Gasteiger partial charge on any atom is -0.454 e. The largest absolute Gasteiger partial charge is 0.454 e. The number of aryl methyl sites for hydroxylation is 1. The SMILES string of the molecule is Cc1nc(-c2ccc(S(=O)(=O)N3CCN(Cc4ccc5c(c4)OCO5)CC3)cc2)co1. The summed E-state index contributed by atoms with van der Waals surface area (Å²) in [6.07, 6.45) is 1.57. The van der Waals surface area contributed by atoms with Crippen molar-refractivity contribution in [2.75, 3.05) is 33.0 Å². The zero-order valence-electron chi connectivity index (χ0n) is 17.2. The molecule has 0 spiro atoms. The number of fused-ring (bicyclic) bond motifs is 1. The van der Waals surface area contributed by atoms with Crippen LogP contribution in [0.3, 0.4) is 0 Å². The summed E-state index contributed by atoms with van der Waals surface area (Å²) in [4.78, 5) is 6.82. The van der Waals surface area contributed by atoms with Crippen LogP contribution < -0.4 is 9.47 Å². The van der Waals surface area contributed by atoms with Gasteiger partial charge < -0.3 is 13.9 Å². The van der Waals surface area contributed by atoms with Gasteiger partial charge in [-0.25, -0.2) is 13.4 Å². The van der Waals surface area contributed by atoms with Gasteiger partial charge in [0.15, 0.2) is 17.4 Å². The molecule has 3 heterocycles. The molecule has 1 saturated heterocycles.